The fraction of sp³-hybridized carbons (Fsp3) is 0.333. The maximum Gasteiger partial charge on any atom is 0.175 e. The molecule has 0 fully saturated rings. The minimum absolute atomic E-state index is 0.0323. The van der Waals surface area contributed by atoms with E-state index in [9.17, 15) is 4.79 Å². The Hall–Kier alpha value is -2.14. The molecule has 0 amide bonds. The second-order valence-electron chi connectivity index (χ2n) is 5.63. The smallest absolute Gasteiger partial charge is 0.175 e. The van der Waals surface area contributed by atoms with E-state index >= 15 is 0 Å². The number of carbonyl (C=O) groups is 1. The number of rotatable bonds is 4. The maximum atomic E-state index is 11.9. The van der Waals surface area contributed by atoms with Crippen LogP contribution in [0.25, 0.3) is 10.9 Å². The number of hydrogen-bond acceptors (Lipinski definition) is 5. The van der Waals surface area contributed by atoms with Crippen molar-refractivity contribution in [2.45, 2.75) is 20.8 Å². The molecule has 5 nitrogen and oxygen atoms in total. The summed E-state index contributed by atoms with van der Waals surface area (Å²) in [5.41, 5.74) is 2.77. The molecule has 3 N–H and O–H groups in total. The van der Waals surface area contributed by atoms with Crippen LogP contribution in [-0.4, -0.2) is 17.4 Å². The standard InChI is InChI=1S/C15H19N3O2/c1-15(2,3)12(19)9-20-11-6-4-5-10-7-8-13(18-16)17-14(10)11/h4-8H,9,16H2,1-3H3,(H,17,18). The molecule has 2 aromatic rings. The van der Waals surface area contributed by atoms with Crippen LogP contribution in [0.1, 0.15) is 20.8 Å². The number of anilines is 1. The molecule has 0 aliphatic heterocycles. The lowest BCUT2D eigenvalue weighted by Crippen LogP contribution is -2.26. The molecule has 2 rings (SSSR count). The summed E-state index contributed by atoms with van der Waals surface area (Å²) in [6.45, 7) is 5.65. The molecule has 0 radical (unpaired) electrons. The fourth-order valence-corrected chi connectivity index (χ4v) is 1.68. The van der Waals surface area contributed by atoms with Crippen molar-refractivity contribution in [1.29, 1.82) is 0 Å². The third-order valence-electron chi connectivity index (χ3n) is 3.03. The predicted molar refractivity (Wildman–Crippen MR) is 79.5 cm³/mol. The minimum atomic E-state index is -0.415. The van der Waals surface area contributed by atoms with Crippen molar-refractivity contribution in [3.63, 3.8) is 0 Å². The Morgan fingerprint density at radius 1 is 1.30 bits per heavy atom. The van der Waals surface area contributed by atoms with Crippen molar-refractivity contribution >= 4 is 22.5 Å². The van der Waals surface area contributed by atoms with Gasteiger partial charge in [-0.25, -0.2) is 10.8 Å². The largest absolute Gasteiger partial charge is 0.484 e. The third kappa shape index (κ3) is 3.05. The summed E-state index contributed by atoms with van der Waals surface area (Å²) in [5, 5.41) is 0.935. The monoisotopic (exact) mass is 273 g/mol. The third-order valence-corrected chi connectivity index (χ3v) is 3.03. The highest BCUT2D eigenvalue weighted by Gasteiger charge is 2.21. The van der Waals surface area contributed by atoms with Crippen LogP contribution in [-0.2, 0) is 4.79 Å². The maximum absolute atomic E-state index is 11.9. The van der Waals surface area contributed by atoms with Gasteiger partial charge in [-0.3, -0.25) is 4.79 Å². The molecular formula is C15H19N3O2. The van der Waals surface area contributed by atoms with Crippen LogP contribution in [0.15, 0.2) is 30.3 Å². The Kier molecular flexibility index (Phi) is 3.90. The van der Waals surface area contributed by atoms with Gasteiger partial charge in [0.1, 0.15) is 23.7 Å². The molecule has 0 unspecified atom stereocenters. The summed E-state index contributed by atoms with van der Waals surface area (Å²) in [6, 6.07) is 9.28. The van der Waals surface area contributed by atoms with Crippen molar-refractivity contribution < 1.29 is 9.53 Å². The number of para-hydroxylation sites is 1. The molecule has 20 heavy (non-hydrogen) atoms. The number of carbonyl (C=O) groups excluding carboxylic acids is 1. The van der Waals surface area contributed by atoms with Crippen molar-refractivity contribution in [3.05, 3.63) is 30.3 Å². The summed E-state index contributed by atoms with van der Waals surface area (Å²) >= 11 is 0. The number of nitrogens with zero attached hydrogens (tertiary/aromatic N) is 1. The first-order chi connectivity index (χ1) is 9.41. The van der Waals surface area contributed by atoms with Crippen LogP contribution in [0.4, 0.5) is 5.82 Å². The Balaban J connectivity index is 2.28. The van der Waals surface area contributed by atoms with Gasteiger partial charge in [-0.05, 0) is 18.2 Å². The van der Waals surface area contributed by atoms with E-state index in [0.29, 0.717) is 17.1 Å². The molecule has 0 saturated carbocycles. The van der Waals surface area contributed by atoms with Gasteiger partial charge in [0, 0.05) is 10.8 Å². The van der Waals surface area contributed by atoms with E-state index in [1.807, 2.05) is 39.0 Å². The van der Waals surface area contributed by atoms with Crippen LogP contribution in [0, 0.1) is 5.41 Å². The number of pyridine rings is 1. The number of nitrogens with one attached hydrogen (secondary N) is 1. The summed E-state index contributed by atoms with van der Waals surface area (Å²) in [4.78, 5) is 16.3. The van der Waals surface area contributed by atoms with E-state index in [4.69, 9.17) is 10.6 Å². The van der Waals surface area contributed by atoms with Crippen molar-refractivity contribution in [3.8, 4) is 5.75 Å². The molecule has 0 saturated heterocycles. The normalized spacial score (nSPS) is 11.4. The van der Waals surface area contributed by atoms with E-state index in [-0.39, 0.29) is 12.4 Å². The molecule has 0 spiro atoms. The summed E-state index contributed by atoms with van der Waals surface area (Å²) in [7, 11) is 0. The van der Waals surface area contributed by atoms with Gasteiger partial charge in [0.25, 0.3) is 0 Å². The van der Waals surface area contributed by atoms with E-state index in [1.54, 1.807) is 12.1 Å². The van der Waals surface area contributed by atoms with Crippen LogP contribution >= 0.6 is 0 Å². The van der Waals surface area contributed by atoms with Gasteiger partial charge in [0.15, 0.2) is 5.78 Å². The SMILES string of the molecule is CC(C)(C)C(=O)COc1cccc2ccc(NN)nc12. The number of ketones is 1. The predicted octanol–water partition coefficient (Wildman–Crippen LogP) is 2.51. The molecule has 0 aliphatic carbocycles. The number of Topliss-reactive ketones (excluding diaryl/α,β-unsaturated/α-hetero) is 1. The van der Waals surface area contributed by atoms with Gasteiger partial charge < -0.3 is 10.2 Å². The van der Waals surface area contributed by atoms with Gasteiger partial charge >= 0.3 is 0 Å². The molecule has 1 aromatic heterocycles. The lowest BCUT2D eigenvalue weighted by molar-refractivity contribution is -0.128. The fourth-order valence-electron chi connectivity index (χ4n) is 1.68. The van der Waals surface area contributed by atoms with E-state index < -0.39 is 5.41 Å². The number of nitrogens with two attached hydrogens (primary N) is 1. The number of hydrogen-bond donors (Lipinski definition) is 2. The number of fused-ring (bicyclic) bond motifs is 1. The number of nitrogen functional groups attached to an aromatic ring is 1. The quantitative estimate of drug-likeness (QED) is 0.661. The van der Waals surface area contributed by atoms with E-state index in [1.165, 1.54) is 0 Å². The molecular weight excluding hydrogens is 254 g/mol. The zero-order valence-electron chi connectivity index (χ0n) is 11.9. The van der Waals surface area contributed by atoms with Gasteiger partial charge in [0.2, 0.25) is 0 Å². The summed E-state index contributed by atoms with van der Waals surface area (Å²) < 4.78 is 5.63. The topological polar surface area (TPSA) is 77.2 Å². The second kappa shape index (κ2) is 5.46. The van der Waals surface area contributed by atoms with Crippen molar-refractivity contribution in [2.75, 3.05) is 12.0 Å². The molecule has 0 bridgehead atoms. The molecule has 0 atom stereocenters. The Labute approximate surface area is 118 Å². The minimum Gasteiger partial charge on any atom is -0.484 e. The summed E-state index contributed by atoms with van der Waals surface area (Å²) in [5.74, 6) is 6.54. The molecule has 0 aliphatic rings. The molecule has 1 aromatic carbocycles. The first-order valence-electron chi connectivity index (χ1n) is 6.44. The van der Waals surface area contributed by atoms with Gasteiger partial charge in [-0.15, -0.1) is 0 Å². The van der Waals surface area contributed by atoms with Crippen LogP contribution in [0.5, 0.6) is 5.75 Å². The van der Waals surface area contributed by atoms with Gasteiger partial charge in [-0.1, -0.05) is 32.9 Å². The average molecular weight is 273 g/mol. The Bertz CT molecular complexity index is 633. The molecule has 106 valence electrons. The zero-order chi connectivity index (χ0) is 14.8. The van der Waals surface area contributed by atoms with Crippen molar-refractivity contribution in [1.82, 2.24) is 4.98 Å². The average Bonchev–Trinajstić information content (AvgIpc) is 2.43. The molecule has 1 heterocycles. The molecule has 5 heteroatoms. The highest BCUT2D eigenvalue weighted by molar-refractivity contribution is 5.88. The Morgan fingerprint density at radius 2 is 2.05 bits per heavy atom. The van der Waals surface area contributed by atoms with Crippen LogP contribution < -0.4 is 16.0 Å². The highest BCUT2D eigenvalue weighted by atomic mass is 16.5. The van der Waals surface area contributed by atoms with Gasteiger partial charge in [-0.2, -0.15) is 0 Å². The van der Waals surface area contributed by atoms with Crippen LogP contribution in [0.3, 0.4) is 0 Å². The first-order valence-corrected chi connectivity index (χ1v) is 6.44. The number of hydrazine groups is 1. The first kappa shape index (κ1) is 14.3. The number of benzene rings is 1. The lowest BCUT2D eigenvalue weighted by atomic mass is 9.91. The van der Waals surface area contributed by atoms with Crippen LogP contribution in [0.2, 0.25) is 0 Å². The van der Waals surface area contributed by atoms with Gasteiger partial charge in [0.05, 0.1) is 0 Å². The van der Waals surface area contributed by atoms with E-state index in [2.05, 4.69) is 10.4 Å². The lowest BCUT2D eigenvalue weighted by Gasteiger charge is -2.17. The Morgan fingerprint density at radius 3 is 2.70 bits per heavy atom. The number of aromatic nitrogens is 1. The summed E-state index contributed by atoms with van der Waals surface area (Å²) in [6.07, 6.45) is 0. The van der Waals surface area contributed by atoms with Crippen molar-refractivity contribution in [2.24, 2.45) is 11.3 Å². The zero-order valence-corrected chi connectivity index (χ0v) is 11.9. The van der Waals surface area contributed by atoms with E-state index in [0.717, 1.165) is 5.39 Å². The highest BCUT2D eigenvalue weighted by Crippen LogP contribution is 2.25. The number of ether oxygens (including phenoxy) is 1. The second-order valence-corrected chi connectivity index (χ2v) is 5.63.